The normalized spacial score (nSPS) is 13.4. The molecule has 13 rings (SSSR count). The molecular weight excluding hydrogens is 685 g/mol. The van der Waals surface area contributed by atoms with Gasteiger partial charge in [-0.3, -0.25) is 0 Å². The molecule has 0 bridgehead atoms. The van der Waals surface area contributed by atoms with Gasteiger partial charge in [0.1, 0.15) is 0 Å². The summed E-state index contributed by atoms with van der Waals surface area (Å²) in [7, 11) is 0. The van der Waals surface area contributed by atoms with Crippen LogP contribution in [0, 0.1) is 0 Å². The van der Waals surface area contributed by atoms with Gasteiger partial charge in [0, 0.05) is 0 Å². The Balaban J connectivity index is 1.21. The van der Waals surface area contributed by atoms with Crippen molar-refractivity contribution in [3.05, 3.63) is 229 Å². The van der Waals surface area contributed by atoms with Crippen LogP contribution in [0.2, 0.25) is 0 Å². The monoisotopic (exact) mass is 718 g/mol. The van der Waals surface area contributed by atoms with E-state index in [0.717, 1.165) is 0 Å². The second-order valence-electron chi connectivity index (χ2n) is 15.8. The van der Waals surface area contributed by atoms with Crippen molar-refractivity contribution in [2.24, 2.45) is 0 Å². The summed E-state index contributed by atoms with van der Waals surface area (Å²) in [4.78, 5) is 0. The molecule has 0 aliphatic heterocycles. The molecule has 262 valence electrons. The predicted molar refractivity (Wildman–Crippen MR) is 241 cm³/mol. The van der Waals surface area contributed by atoms with Gasteiger partial charge in [-0.2, -0.15) is 0 Å². The van der Waals surface area contributed by atoms with E-state index >= 15 is 0 Å². The Morgan fingerprint density at radius 1 is 0.246 bits per heavy atom. The fourth-order valence-corrected chi connectivity index (χ4v) is 11.1. The van der Waals surface area contributed by atoms with Crippen LogP contribution in [0.3, 0.4) is 0 Å². The Hall–Kier alpha value is -7.28. The van der Waals surface area contributed by atoms with Crippen molar-refractivity contribution in [1.29, 1.82) is 0 Å². The summed E-state index contributed by atoms with van der Waals surface area (Å²) in [5, 5.41) is 12.9. The molecule has 0 amide bonds. The summed E-state index contributed by atoms with van der Waals surface area (Å²) in [6.45, 7) is 0. The zero-order valence-corrected chi connectivity index (χ0v) is 31.1. The highest BCUT2D eigenvalue weighted by Gasteiger charge is 2.53. The summed E-state index contributed by atoms with van der Waals surface area (Å²) in [5.74, 6) is 0. The minimum absolute atomic E-state index is 0.470. The van der Waals surface area contributed by atoms with E-state index in [9.17, 15) is 0 Å². The van der Waals surface area contributed by atoms with Crippen LogP contribution < -0.4 is 0 Å². The fraction of sp³-hybridized carbons (Fsp3) is 0.0175. The standard InChI is InChI=1S/C57H34/c1-2-17-36(18-3-1)52-43-24-8-10-26-45(43)53(46-27-11-9-25-44(46)52)37-30-32-47-48(34-37)39-20-6-7-23-42(39)55-54-38-19-5-4-16-35(38)31-33-51(54)57(56(47)55)49-28-14-12-21-40(49)41-22-13-15-29-50(41)57/h1-34H. The smallest absolute Gasteiger partial charge is 0.0622 e. The molecule has 0 unspecified atom stereocenters. The number of hydrogen-bond acceptors (Lipinski definition) is 0. The molecule has 2 aliphatic carbocycles. The largest absolute Gasteiger partial charge is 0.0732 e. The van der Waals surface area contributed by atoms with Gasteiger partial charge in [-0.05, 0) is 127 Å². The lowest BCUT2D eigenvalue weighted by molar-refractivity contribution is 0.802. The van der Waals surface area contributed by atoms with E-state index in [1.54, 1.807) is 0 Å². The van der Waals surface area contributed by atoms with Crippen molar-refractivity contribution in [2.45, 2.75) is 5.41 Å². The maximum absolute atomic E-state index is 2.51. The molecule has 2 aliphatic rings. The van der Waals surface area contributed by atoms with Crippen molar-refractivity contribution >= 4 is 53.9 Å². The molecule has 57 heavy (non-hydrogen) atoms. The minimum atomic E-state index is -0.470. The van der Waals surface area contributed by atoms with Gasteiger partial charge in [0.2, 0.25) is 0 Å². The van der Waals surface area contributed by atoms with Crippen LogP contribution in [0.15, 0.2) is 206 Å². The van der Waals surface area contributed by atoms with E-state index in [1.165, 1.54) is 121 Å². The average molecular weight is 719 g/mol. The highest BCUT2D eigenvalue weighted by Crippen LogP contribution is 2.66. The lowest BCUT2D eigenvalue weighted by atomic mass is 9.69. The van der Waals surface area contributed by atoms with Crippen molar-refractivity contribution in [3.8, 4) is 44.5 Å². The van der Waals surface area contributed by atoms with E-state index < -0.39 is 5.41 Å². The van der Waals surface area contributed by atoms with Crippen LogP contribution in [0.4, 0.5) is 0 Å². The molecule has 0 atom stereocenters. The summed E-state index contributed by atoms with van der Waals surface area (Å²) in [5.41, 5.74) is 15.5. The molecule has 0 heteroatoms. The first-order valence-electron chi connectivity index (χ1n) is 20.0. The molecule has 1 spiro atoms. The number of rotatable bonds is 2. The first kappa shape index (κ1) is 31.0. The molecule has 0 aromatic heterocycles. The van der Waals surface area contributed by atoms with Crippen LogP contribution >= 0.6 is 0 Å². The Bertz CT molecular complexity index is 3410. The number of fused-ring (bicyclic) bond motifs is 19. The van der Waals surface area contributed by atoms with Crippen molar-refractivity contribution < 1.29 is 0 Å². The predicted octanol–water partition coefficient (Wildman–Crippen LogP) is 15.1. The zero-order valence-electron chi connectivity index (χ0n) is 31.1. The summed E-state index contributed by atoms with van der Waals surface area (Å²) in [6.07, 6.45) is 0. The average Bonchev–Trinajstić information content (AvgIpc) is 3.76. The zero-order chi connectivity index (χ0) is 37.2. The minimum Gasteiger partial charge on any atom is -0.0622 e. The highest BCUT2D eigenvalue weighted by molar-refractivity contribution is 6.25. The van der Waals surface area contributed by atoms with Gasteiger partial charge in [-0.1, -0.05) is 200 Å². The molecule has 0 saturated heterocycles. The summed E-state index contributed by atoms with van der Waals surface area (Å²) < 4.78 is 0. The van der Waals surface area contributed by atoms with Crippen molar-refractivity contribution in [2.75, 3.05) is 0 Å². The molecule has 0 fully saturated rings. The van der Waals surface area contributed by atoms with Gasteiger partial charge in [0.25, 0.3) is 0 Å². The second-order valence-corrected chi connectivity index (χ2v) is 15.8. The van der Waals surface area contributed by atoms with Crippen LogP contribution in [-0.2, 0) is 5.41 Å². The fourth-order valence-electron chi connectivity index (χ4n) is 11.1. The van der Waals surface area contributed by atoms with Gasteiger partial charge < -0.3 is 0 Å². The third-order valence-corrected chi connectivity index (χ3v) is 13.2. The van der Waals surface area contributed by atoms with E-state index in [1.807, 2.05) is 0 Å². The molecular formula is C57H34. The second kappa shape index (κ2) is 11.4. The SMILES string of the molecule is c1ccc(-c2c3ccccc3c(-c3ccc4c5c(c6ccccc6c4c3)-c3c(ccc4ccccc34)C53c4ccccc4-c4ccccc43)c3ccccc23)cc1. The van der Waals surface area contributed by atoms with E-state index in [4.69, 9.17) is 0 Å². The van der Waals surface area contributed by atoms with Gasteiger partial charge in [-0.15, -0.1) is 0 Å². The van der Waals surface area contributed by atoms with E-state index in [-0.39, 0.29) is 0 Å². The highest BCUT2D eigenvalue weighted by atomic mass is 14.5. The topological polar surface area (TPSA) is 0 Å². The molecule has 0 saturated carbocycles. The van der Waals surface area contributed by atoms with Crippen LogP contribution in [0.25, 0.3) is 98.4 Å². The van der Waals surface area contributed by atoms with Crippen LogP contribution in [0.5, 0.6) is 0 Å². The van der Waals surface area contributed by atoms with Crippen molar-refractivity contribution in [1.82, 2.24) is 0 Å². The first-order chi connectivity index (χ1) is 28.3. The van der Waals surface area contributed by atoms with Crippen LogP contribution in [0.1, 0.15) is 22.3 Å². The maximum Gasteiger partial charge on any atom is 0.0732 e. The first-order valence-corrected chi connectivity index (χ1v) is 20.0. The third kappa shape index (κ3) is 3.92. The Labute approximate surface area is 330 Å². The Morgan fingerprint density at radius 2 is 0.737 bits per heavy atom. The molecule has 0 radical (unpaired) electrons. The van der Waals surface area contributed by atoms with E-state index in [2.05, 4.69) is 206 Å². The van der Waals surface area contributed by atoms with Crippen LogP contribution in [-0.4, -0.2) is 0 Å². The van der Waals surface area contributed by atoms with Gasteiger partial charge >= 0.3 is 0 Å². The molecule has 11 aromatic rings. The quantitative estimate of drug-likeness (QED) is 0.123. The number of benzene rings is 11. The maximum atomic E-state index is 2.51. The van der Waals surface area contributed by atoms with Gasteiger partial charge in [0.15, 0.2) is 0 Å². The molecule has 0 N–H and O–H groups in total. The van der Waals surface area contributed by atoms with E-state index in [0.29, 0.717) is 0 Å². The Kier molecular flexibility index (Phi) is 6.19. The lowest BCUT2D eigenvalue weighted by Gasteiger charge is -2.32. The number of hydrogen-bond donors (Lipinski definition) is 0. The summed E-state index contributed by atoms with van der Waals surface area (Å²) in [6, 6.07) is 77.5. The molecule has 0 nitrogen and oxygen atoms in total. The van der Waals surface area contributed by atoms with Crippen molar-refractivity contribution in [3.63, 3.8) is 0 Å². The van der Waals surface area contributed by atoms with Gasteiger partial charge in [-0.25, -0.2) is 0 Å². The third-order valence-electron chi connectivity index (χ3n) is 13.2. The molecule has 0 heterocycles. The Morgan fingerprint density at radius 3 is 1.37 bits per heavy atom. The lowest BCUT2D eigenvalue weighted by Crippen LogP contribution is -2.26. The molecule has 11 aromatic carbocycles. The van der Waals surface area contributed by atoms with Gasteiger partial charge in [0.05, 0.1) is 5.41 Å². The summed E-state index contributed by atoms with van der Waals surface area (Å²) >= 11 is 0.